The summed E-state index contributed by atoms with van der Waals surface area (Å²) in [6.07, 6.45) is 2.39. The summed E-state index contributed by atoms with van der Waals surface area (Å²) in [4.78, 5) is 2.35. The fourth-order valence-corrected chi connectivity index (χ4v) is 2.61. The van der Waals surface area contributed by atoms with Crippen LogP contribution in [-0.2, 0) is 6.54 Å². The van der Waals surface area contributed by atoms with Gasteiger partial charge in [-0.25, -0.2) is 4.39 Å². The van der Waals surface area contributed by atoms with E-state index in [2.05, 4.69) is 4.90 Å². The molecule has 0 radical (unpaired) electrons. The number of benzene rings is 1. The summed E-state index contributed by atoms with van der Waals surface area (Å²) in [6, 6.07) is 4.61. The van der Waals surface area contributed by atoms with Gasteiger partial charge in [-0.15, -0.1) is 0 Å². The quantitative estimate of drug-likeness (QED) is 0.901. The van der Waals surface area contributed by atoms with Crippen LogP contribution in [-0.4, -0.2) is 24.5 Å². The van der Waals surface area contributed by atoms with Crippen molar-refractivity contribution in [2.45, 2.75) is 19.4 Å². The van der Waals surface area contributed by atoms with Gasteiger partial charge in [0.2, 0.25) is 0 Å². The number of halogens is 2. The maximum atomic E-state index is 12.9. The van der Waals surface area contributed by atoms with E-state index >= 15 is 0 Å². The third-order valence-corrected chi connectivity index (χ3v) is 3.70. The van der Waals surface area contributed by atoms with Crippen molar-refractivity contribution >= 4 is 11.6 Å². The van der Waals surface area contributed by atoms with E-state index in [4.69, 9.17) is 17.3 Å². The van der Waals surface area contributed by atoms with E-state index in [-0.39, 0.29) is 5.82 Å². The van der Waals surface area contributed by atoms with Crippen molar-refractivity contribution in [1.82, 2.24) is 4.90 Å². The van der Waals surface area contributed by atoms with Gasteiger partial charge in [-0.3, -0.25) is 4.90 Å². The fourth-order valence-electron chi connectivity index (χ4n) is 2.38. The SMILES string of the molecule is NC[C@@H]1CCCN(Cc2ccc(F)cc2Cl)C1. The van der Waals surface area contributed by atoms with Crippen LogP contribution in [0.2, 0.25) is 5.02 Å². The van der Waals surface area contributed by atoms with E-state index in [0.29, 0.717) is 10.9 Å². The Morgan fingerprint density at radius 3 is 3.00 bits per heavy atom. The molecule has 1 aliphatic rings. The van der Waals surface area contributed by atoms with Crippen LogP contribution in [0.1, 0.15) is 18.4 Å². The summed E-state index contributed by atoms with van der Waals surface area (Å²) in [6.45, 7) is 3.62. The van der Waals surface area contributed by atoms with Gasteiger partial charge in [-0.2, -0.15) is 0 Å². The lowest BCUT2D eigenvalue weighted by atomic mass is 9.98. The van der Waals surface area contributed by atoms with Crippen molar-refractivity contribution in [3.63, 3.8) is 0 Å². The van der Waals surface area contributed by atoms with Crippen LogP contribution in [0.4, 0.5) is 4.39 Å². The van der Waals surface area contributed by atoms with E-state index in [9.17, 15) is 4.39 Å². The van der Waals surface area contributed by atoms with Gasteiger partial charge in [-0.1, -0.05) is 17.7 Å². The van der Waals surface area contributed by atoms with Crippen molar-refractivity contribution in [2.24, 2.45) is 11.7 Å². The first kappa shape index (κ1) is 12.8. The Kier molecular flexibility index (Phi) is 4.37. The molecule has 0 unspecified atom stereocenters. The highest BCUT2D eigenvalue weighted by molar-refractivity contribution is 6.31. The van der Waals surface area contributed by atoms with Gasteiger partial charge in [-0.05, 0) is 49.5 Å². The number of hydrogen-bond acceptors (Lipinski definition) is 2. The van der Waals surface area contributed by atoms with Gasteiger partial charge in [0.25, 0.3) is 0 Å². The van der Waals surface area contributed by atoms with Crippen molar-refractivity contribution in [2.75, 3.05) is 19.6 Å². The average Bonchev–Trinajstić information content (AvgIpc) is 2.33. The Labute approximate surface area is 107 Å². The van der Waals surface area contributed by atoms with Gasteiger partial charge < -0.3 is 5.73 Å². The predicted octanol–water partition coefficient (Wildman–Crippen LogP) is 2.65. The van der Waals surface area contributed by atoms with Gasteiger partial charge in [0.15, 0.2) is 0 Å². The Balaban J connectivity index is 2.00. The van der Waals surface area contributed by atoms with Crippen LogP contribution in [0.3, 0.4) is 0 Å². The average molecular weight is 257 g/mol. The van der Waals surface area contributed by atoms with Crippen LogP contribution < -0.4 is 5.73 Å². The Bertz CT molecular complexity index is 384. The summed E-state index contributed by atoms with van der Waals surface area (Å²) in [5, 5.41) is 0.514. The first-order chi connectivity index (χ1) is 8.19. The molecule has 1 aromatic rings. The number of nitrogens with two attached hydrogens (primary N) is 1. The van der Waals surface area contributed by atoms with Crippen LogP contribution in [0.5, 0.6) is 0 Å². The predicted molar refractivity (Wildman–Crippen MR) is 68.5 cm³/mol. The maximum absolute atomic E-state index is 12.9. The summed E-state index contributed by atoms with van der Waals surface area (Å²) in [5.41, 5.74) is 6.70. The molecule has 1 aliphatic heterocycles. The Hall–Kier alpha value is -0.640. The molecule has 2 rings (SSSR count). The number of rotatable bonds is 3. The molecule has 0 amide bonds. The van der Waals surface area contributed by atoms with E-state index in [1.807, 2.05) is 0 Å². The molecular weight excluding hydrogens is 239 g/mol. The lowest BCUT2D eigenvalue weighted by Crippen LogP contribution is -2.37. The molecule has 2 nitrogen and oxygen atoms in total. The zero-order valence-electron chi connectivity index (χ0n) is 9.83. The monoisotopic (exact) mass is 256 g/mol. The van der Waals surface area contributed by atoms with Gasteiger partial charge in [0.05, 0.1) is 0 Å². The third kappa shape index (κ3) is 3.41. The highest BCUT2D eigenvalue weighted by Gasteiger charge is 2.19. The van der Waals surface area contributed by atoms with E-state index in [0.717, 1.165) is 31.7 Å². The minimum Gasteiger partial charge on any atom is -0.330 e. The van der Waals surface area contributed by atoms with Gasteiger partial charge >= 0.3 is 0 Å². The number of hydrogen-bond donors (Lipinski definition) is 1. The summed E-state index contributed by atoms with van der Waals surface area (Å²) in [7, 11) is 0. The minimum atomic E-state index is -0.280. The molecule has 4 heteroatoms. The molecule has 94 valence electrons. The second kappa shape index (κ2) is 5.80. The summed E-state index contributed by atoms with van der Waals surface area (Å²) >= 11 is 6.03. The molecule has 17 heavy (non-hydrogen) atoms. The first-order valence-electron chi connectivity index (χ1n) is 6.05. The molecule has 1 saturated heterocycles. The third-order valence-electron chi connectivity index (χ3n) is 3.35. The van der Waals surface area contributed by atoms with Gasteiger partial charge in [0, 0.05) is 18.1 Å². The minimum absolute atomic E-state index is 0.280. The van der Waals surface area contributed by atoms with Crippen molar-refractivity contribution in [1.29, 1.82) is 0 Å². The molecule has 0 aromatic heterocycles. The molecule has 0 bridgehead atoms. The van der Waals surface area contributed by atoms with Crippen LogP contribution in [0.25, 0.3) is 0 Å². The smallest absolute Gasteiger partial charge is 0.124 e. The summed E-state index contributed by atoms with van der Waals surface area (Å²) in [5.74, 6) is 0.306. The van der Waals surface area contributed by atoms with Crippen LogP contribution >= 0.6 is 11.6 Å². The standard InChI is InChI=1S/C13H18ClFN2/c14-13-6-12(15)4-3-11(13)9-17-5-1-2-10(7-16)8-17/h3-4,6,10H,1-2,5,7-9,16H2/t10-/m0/s1. The lowest BCUT2D eigenvalue weighted by molar-refractivity contribution is 0.171. The van der Waals surface area contributed by atoms with Crippen LogP contribution in [0, 0.1) is 11.7 Å². The Morgan fingerprint density at radius 1 is 1.47 bits per heavy atom. The number of nitrogens with zero attached hydrogens (tertiary/aromatic N) is 1. The highest BCUT2D eigenvalue weighted by atomic mass is 35.5. The van der Waals surface area contributed by atoms with E-state index in [1.165, 1.54) is 25.0 Å². The van der Waals surface area contributed by atoms with Gasteiger partial charge in [0.1, 0.15) is 5.82 Å². The molecule has 1 heterocycles. The normalized spacial score (nSPS) is 21.7. The topological polar surface area (TPSA) is 29.3 Å². The highest BCUT2D eigenvalue weighted by Crippen LogP contribution is 2.22. The first-order valence-corrected chi connectivity index (χ1v) is 6.43. The largest absolute Gasteiger partial charge is 0.330 e. The van der Waals surface area contributed by atoms with Crippen molar-refractivity contribution in [3.8, 4) is 0 Å². The molecular formula is C13H18ClFN2. The number of piperidine rings is 1. The molecule has 0 saturated carbocycles. The molecule has 1 aromatic carbocycles. The number of likely N-dealkylation sites (tertiary alicyclic amines) is 1. The summed E-state index contributed by atoms with van der Waals surface area (Å²) < 4.78 is 12.9. The second-order valence-electron chi connectivity index (χ2n) is 4.71. The Morgan fingerprint density at radius 2 is 2.29 bits per heavy atom. The zero-order valence-corrected chi connectivity index (χ0v) is 10.6. The van der Waals surface area contributed by atoms with Crippen molar-refractivity contribution in [3.05, 3.63) is 34.6 Å². The molecule has 1 fully saturated rings. The maximum Gasteiger partial charge on any atom is 0.124 e. The second-order valence-corrected chi connectivity index (χ2v) is 5.12. The molecule has 2 N–H and O–H groups in total. The molecule has 1 atom stereocenters. The molecule has 0 aliphatic carbocycles. The fraction of sp³-hybridized carbons (Fsp3) is 0.538. The zero-order chi connectivity index (χ0) is 12.3. The van der Waals surface area contributed by atoms with E-state index < -0.39 is 0 Å². The molecule has 0 spiro atoms. The van der Waals surface area contributed by atoms with Crippen LogP contribution in [0.15, 0.2) is 18.2 Å². The van der Waals surface area contributed by atoms with E-state index in [1.54, 1.807) is 6.07 Å². The lowest BCUT2D eigenvalue weighted by Gasteiger charge is -2.32. The van der Waals surface area contributed by atoms with Crippen molar-refractivity contribution < 1.29 is 4.39 Å².